The molecular weight excluding hydrogens is 517 g/mol. The van der Waals surface area contributed by atoms with Crippen molar-refractivity contribution in [1.82, 2.24) is 8.87 Å². The molecule has 8 nitrogen and oxygen atoms in total. The summed E-state index contributed by atoms with van der Waals surface area (Å²) < 4.78 is 66.2. The van der Waals surface area contributed by atoms with Crippen LogP contribution in [0.3, 0.4) is 0 Å². The first kappa shape index (κ1) is 28.1. The molecule has 0 saturated heterocycles. The third kappa shape index (κ3) is 6.09. The average molecular weight is 546 g/mol. The van der Waals surface area contributed by atoms with Crippen LogP contribution in [0.25, 0.3) is 10.9 Å². The summed E-state index contributed by atoms with van der Waals surface area (Å²) in [5, 5.41) is 9.98. The number of hydrogen-bond donors (Lipinski definition) is 0. The first-order chi connectivity index (χ1) is 17.3. The van der Waals surface area contributed by atoms with Crippen molar-refractivity contribution in [2.24, 2.45) is 0 Å². The maximum absolute atomic E-state index is 13.8. The Bertz CT molecular complexity index is 1630. The van der Waals surface area contributed by atoms with Crippen molar-refractivity contribution in [3.63, 3.8) is 0 Å². The van der Waals surface area contributed by atoms with E-state index in [0.717, 1.165) is 9.54 Å². The van der Waals surface area contributed by atoms with Crippen molar-refractivity contribution in [2.75, 3.05) is 26.5 Å². The summed E-state index contributed by atoms with van der Waals surface area (Å²) in [4.78, 5) is 14.8. The SMILES string of the molecule is Cc1ccc(S(=O)(=O)n2c(C(=O)C(C#N)=CN(C)C)cc3cc(C)c(CS(=O)(=O)CCCF)cc32)cc1. The molecule has 37 heavy (non-hydrogen) atoms. The molecule has 0 unspecified atom stereocenters. The summed E-state index contributed by atoms with van der Waals surface area (Å²) in [6.07, 6.45) is 1.17. The fourth-order valence-electron chi connectivity index (χ4n) is 3.90. The number of hydrogen-bond acceptors (Lipinski definition) is 7. The fourth-order valence-corrected chi connectivity index (χ4v) is 6.88. The Hall–Kier alpha value is -3.49. The Balaban J connectivity index is 2.33. The van der Waals surface area contributed by atoms with E-state index >= 15 is 0 Å². The van der Waals surface area contributed by atoms with Gasteiger partial charge in [-0.2, -0.15) is 5.26 Å². The van der Waals surface area contributed by atoms with Crippen LogP contribution in [-0.4, -0.2) is 58.0 Å². The van der Waals surface area contributed by atoms with Gasteiger partial charge in [0.25, 0.3) is 10.0 Å². The van der Waals surface area contributed by atoms with E-state index < -0.39 is 38.1 Å². The number of nitriles is 1. The standard InChI is InChI=1S/C26H28FN3O5S2/c1-18-6-8-23(9-7-18)37(34,35)30-24-14-21(17-36(32,33)11-5-10-27)19(2)12-20(24)13-25(30)26(31)22(15-28)16-29(3)4/h6-9,12-14,16H,5,10-11,17H2,1-4H3. The quantitative estimate of drug-likeness (QED) is 0.215. The van der Waals surface area contributed by atoms with Crippen molar-refractivity contribution < 1.29 is 26.0 Å². The average Bonchev–Trinajstić information content (AvgIpc) is 3.20. The van der Waals surface area contributed by atoms with Gasteiger partial charge in [-0.25, -0.2) is 20.8 Å². The van der Waals surface area contributed by atoms with Gasteiger partial charge in [0.1, 0.15) is 17.3 Å². The number of rotatable bonds is 10. The number of fused-ring (bicyclic) bond motifs is 1. The molecule has 0 radical (unpaired) electrons. The highest BCUT2D eigenvalue weighted by molar-refractivity contribution is 7.90. The molecule has 1 aromatic heterocycles. The number of alkyl halides is 1. The summed E-state index contributed by atoms with van der Waals surface area (Å²) in [5.41, 5.74) is 1.34. The third-order valence-corrected chi connectivity index (χ3v) is 9.13. The maximum Gasteiger partial charge on any atom is 0.268 e. The second-order valence-electron chi connectivity index (χ2n) is 9.03. The molecule has 11 heteroatoms. The van der Waals surface area contributed by atoms with E-state index in [1.54, 1.807) is 46.1 Å². The summed E-state index contributed by atoms with van der Waals surface area (Å²) in [6.45, 7) is 2.72. The molecule has 0 aliphatic heterocycles. The predicted molar refractivity (Wildman–Crippen MR) is 140 cm³/mol. The fraction of sp³-hybridized carbons (Fsp3) is 0.308. The minimum absolute atomic E-state index is 0.0718. The molecule has 0 N–H and O–H groups in total. The summed E-state index contributed by atoms with van der Waals surface area (Å²) in [7, 11) is -4.73. The van der Waals surface area contributed by atoms with Crippen LogP contribution in [0.4, 0.5) is 4.39 Å². The first-order valence-electron chi connectivity index (χ1n) is 11.4. The molecule has 0 amide bonds. The molecule has 0 aliphatic carbocycles. The summed E-state index contributed by atoms with van der Waals surface area (Å²) >= 11 is 0. The van der Waals surface area contributed by atoms with Gasteiger partial charge in [-0.3, -0.25) is 9.18 Å². The van der Waals surface area contributed by atoms with Gasteiger partial charge in [0, 0.05) is 25.7 Å². The van der Waals surface area contributed by atoms with Crippen molar-refractivity contribution in [3.8, 4) is 6.07 Å². The van der Waals surface area contributed by atoms with Gasteiger partial charge in [0.15, 0.2) is 9.84 Å². The zero-order valence-corrected chi connectivity index (χ0v) is 22.7. The number of carbonyl (C=O) groups excluding carboxylic acids is 1. The molecule has 3 aromatic rings. The van der Waals surface area contributed by atoms with Crippen LogP contribution in [0.1, 0.15) is 33.6 Å². The van der Waals surface area contributed by atoms with Gasteiger partial charge in [-0.05, 0) is 61.7 Å². The largest absolute Gasteiger partial charge is 0.382 e. The molecular formula is C26H28FN3O5S2. The van der Waals surface area contributed by atoms with Gasteiger partial charge in [-0.1, -0.05) is 17.7 Å². The van der Waals surface area contributed by atoms with Gasteiger partial charge >= 0.3 is 0 Å². The molecule has 3 rings (SSSR count). The zero-order chi connectivity index (χ0) is 27.5. The summed E-state index contributed by atoms with van der Waals surface area (Å²) in [6, 6.07) is 12.3. The molecule has 0 spiro atoms. The van der Waals surface area contributed by atoms with Gasteiger partial charge in [0.2, 0.25) is 5.78 Å². The monoisotopic (exact) mass is 545 g/mol. The van der Waals surface area contributed by atoms with Crippen LogP contribution in [0.2, 0.25) is 0 Å². The van der Waals surface area contributed by atoms with Crippen LogP contribution < -0.4 is 0 Å². The topological polar surface area (TPSA) is 117 Å². The highest BCUT2D eigenvalue weighted by Gasteiger charge is 2.29. The van der Waals surface area contributed by atoms with Crippen LogP contribution in [0.5, 0.6) is 0 Å². The summed E-state index contributed by atoms with van der Waals surface area (Å²) in [5.74, 6) is -1.54. The van der Waals surface area contributed by atoms with Crippen molar-refractivity contribution in [1.29, 1.82) is 5.26 Å². The first-order valence-corrected chi connectivity index (χ1v) is 14.6. The number of halogens is 1. The number of aromatic nitrogens is 1. The van der Waals surface area contributed by atoms with Crippen LogP contribution in [0, 0.1) is 25.2 Å². The van der Waals surface area contributed by atoms with Crippen molar-refractivity contribution in [2.45, 2.75) is 30.9 Å². The van der Waals surface area contributed by atoms with E-state index in [-0.39, 0.29) is 33.9 Å². The van der Waals surface area contributed by atoms with E-state index in [4.69, 9.17) is 0 Å². The van der Waals surface area contributed by atoms with E-state index in [0.29, 0.717) is 16.5 Å². The van der Waals surface area contributed by atoms with Gasteiger partial charge in [0.05, 0.1) is 28.6 Å². The molecule has 0 saturated carbocycles. The lowest BCUT2D eigenvalue weighted by molar-refractivity contribution is 0.103. The third-order valence-electron chi connectivity index (χ3n) is 5.72. The number of nitrogens with zero attached hydrogens (tertiary/aromatic N) is 3. The Morgan fingerprint density at radius 2 is 1.73 bits per heavy atom. The zero-order valence-electron chi connectivity index (χ0n) is 21.0. The number of sulfone groups is 1. The minimum atomic E-state index is -4.33. The number of aryl methyl sites for hydroxylation is 2. The second kappa shape index (κ2) is 10.9. The maximum atomic E-state index is 13.8. The van der Waals surface area contributed by atoms with E-state index in [2.05, 4.69) is 0 Å². The molecule has 0 aliphatic rings. The number of carbonyl (C=O) groups is 1. The Kier molecular flexibility index (Phi) is 8.25. The van der Waals surface area contributed by atoms with Gasteiger partial charge in [-0.15, -0.1) is 0 Å². The lowest BCUT2D eigenvalue weighted by Gasteiger charge is -2.14. The Morgan fingerprint density at radius 1 is 1.08 bits per heavy atom. The Labute approximate surface area is 216 Å². The van der Waals surface area contributed by atoms with Crippen LogP contribution in [-0.2, 0) is 25.6 Å². The molecule has 0 atom stereocenters. The molecule has 0 fully saturated rings. The second-order valence-corrected chi connectivity index (χ2v) is 13.0. The molecule has 196 valence electrons. The molecule has 1 heterocycles. The highest BCUT2D eigenvalue weighted by Crippen LogP contribution is 2.30. The smallest absolute Gasteiger partial charge is 0.268 e. The highest BCUT2D eigenvalue weighted by atomic mass is 32.2. The van der Waals surface area contributed by atoms with Gasteiger partial charge < -0.3 is 4.90 Å². The predicted octanol–water partition coefficient (Wildman–Crippen LogP) is 3.92. The number of benzene rings is 2. The van der Waals surface area contributed by atoms with Crippen LogP contribution >= 0.6 is 0 Å². The van der Waals surface area contributed by atoms with Crippen LogP contribution in [0.15, 0.2) is 59.1 Å². The van der Waals surface area contributed by atoms with E-state index in [1.165, 1.54) is 35.4 Å². The normalized spacial score (nSPS) is 12.5. The number of Topliss-reactive ketones (excluding diaryl/α,β-unsaturated/α-hetero) is 1. The van der Waals surface area contributed by atoms with Crippen molar-refractivity contribution in [3.05, 3.63) is 76.6 Å². The molecule has 0 bridgehead atoms. The lowest BCUT2D eigenvalue weighted by Crippen LogP contribution is -2.20. The van der Waals surface area contributed by atoms with Crippen molar-refractivity contribution >= 4 is 36.5 Å². The number of ketones is 1. The molecule has 2 aromatic carbocycles. The van der Waals surface area contributed by atoms with E-state index in [1.807, 2.05) is 6.07 Å². The number of allylic oxidation sites excluding steroid dienone is 1. The van der Waals surface area contributed by atoms with E-state index in [9.17, 15) is 31.3 Å². The Morgan fingerprint density at radius 3 is 2.30 bits per heavy atom. The lowest BCUT2D eigenvalue weighted by atomic mass is 10.1. The minimum Gasteiger partial charge on any atom is -0.382 e.